The van der Waals surface area contributed by atoms with E-state index in [0.29, 0.717) is 6.61 Å². The van der Waals surface area contributed by atoms with Gasteiger partial charge in [-0.3, -0.25) is 4.79 Å². The summed E-state index contributed by atoms with van der Waals surface area (Å²) in [7, 11) is 0. The number of fused-ring (bicyclic) bond motifs is 3. The molecule has 2 aliphatic heterocycles. The Morgan fingerprint density at radius 3 is 2.45 bits per heavy atom. The van der Waals surface area contributed by atoms with Gasteiger partial charge in [0.15, 0.2) is 17.5 Å². The zero-order chi connectivity index (χ0) is 14.3. The Morgan fingerprint density at radius 2 is 1.85 bits per heavy atom. The monoisotopic (exact) mass is 280 g/mol. The summed E-state index contributed by atoms with van der Waals surface area (Å²) >= 11 is 0. The lowest BCUT2D eigenvalue weighted by atomic mass is 9.65. The zero-order valence-electron chi connectivity index (χ0n) is 11.9. The normalized spacial score (nSPS) is 68.0. The molecule has 5 nitrogen and oxygen atoms in total. The van der Waals surface area contributed by atoms with E-state index in [4.69, 9.17) is 9.47 Å². The molecule has 110 valence electrons. The van der Waals surface area contributed by atoms with Crippen molar-refractivity contribution < 1.29 is 24.5 Å². The van der Waals surface area contributed by atoms with Crippen molar-refractivity contribution in [2.45, 2.75) is 56.7 Å². The van der Waals surface area contributed by atoms with Crippen LogP contribution in [0.25, 0.3) is 0 Å². The van der Waals surface area contributed by atoms with E-state index in [1.165, 1.54) is 0 Å². The van der Waals surface area contributed by atoms with Crippen molar-refractivity contribution >= 4 is 5.78 Å². The minimum absolute atomic E-state index is 0.0100. The molecule has 3 aliphatic carbocycles. The first-order valence-corrected chi connectivity index (χ1v) is 7.46. The average Bonchev–Trinajstić information content (AvgIpc) is 3.24. The standard InChI is InChI=1S/C15H20O5/c1-12(2)4-6-7(9(12)17)13(3)14(5-19-14)10(18)11-15(13,20-11)8(6)16/h6-9,11,16-17H,4-5H2,1-3H3/t6?,7?,8-,9+,11+,13+,14-,15+/m0/s1. The van der Waals surface area contributed by atoms with Gasteiger partial charge in [0.25, 0.3) is 0 Å². The third-order valence-corrected chi connectivity index (χ3v) is 7.24. The highest BCUT2D eigenvalue weighted by molar-refractivity contribution is 6.02. The maximum Gasteiger partial charge on any atom is 0.199 e. The summed E-state index contributed by atoms with van der Waals surface area (Å²) in [6.07, 6.45) is -0.974. The second kappa shape index (κ2) is 2.74. The number of carbonyl (C=O) groups is 1. The Kier molecular flexibility index (Phi) is 1.66. The molecule has 5 aliphatic rings. The first-order chi connectivity index (χ1) is 9.24. The van der Waals surface area contributed by atoms with E-state index in [1.54, 1.807) is 0 Å². The van der Waals surface area contributed by atoms with E-state index < -0.39 is 34.9 Å². The summed E-state index contributed by atoms with van der Waals surface area (Å²) in [5, 5.41) is 21.6. The van der Waals surface area contributed by atoms with E-state index in [-0.39, 0.29) is 23.0 Å². The maximum atomic E-state index is 12.5. The second-order valence-corrected chi connectivity index (χ2v) is 8.25. The highest BCUT2D eigenvalue weighted by atomic mass is 16.7. The SMILES string of the molecule is CC1(C)CC2C([C@H]1O)[C@@]1(C)[C@@]3(O[C@@H]3C(=O)[C@@]13CO3)[C@H]2O. The fourth-order valence-electron chi connectivity index (χ4n) is 6.11. The van der Waals surface area contributed by atoms with Crippen LogP contribution < -0.4 is 0 Å². The second-order valence-electron chi connectivity index (χ2n) is 8.25. The van der Waals surface area contributed by atoms with Gasteiger partial charge in [-0.05, 0) is 17.8 Å². The molecule has 8 atom stereocenters. The van der Waals surface area contributed by atoms with Crippen LogP contribution in [-0.4, -0.2) is 52.1 Å². The molecule has 0 aromatic rings. The van der Waals surface area contributed by atoms with Crippen molar-refractivity contribution in [1.29, 1.82) is 0 Å². The molecule has 3 saturated carbocycles. The number of aliphatic hydroxyl groups is 2. The number of hydrogen-bond acceptors (Lipinski definition) is 5. The maximum absolute atomic E-state index is 12.5. The molecule has 5 rings (SSSR count). The summed E-state index contributed by atoms with van der Waals surface area (Å²) in [6, 6.07) is 0. The molecule has 0 aromatic carbocycles. The number of carbonyl (C=O) groups excluding carboxylic acids is 1. The number of epoxide rings is 2. The Bertz CT molecular complexity index is 552. The third kappa shape index (κ3) is 0.815. The van der Waals surface area contributed by atoms with Crippen LogP contribution in [0.2, 0.25) is 0 Å². The van der Waals surface area contributed by atoms with Gasteiger partial charge in [0, 0.05) is 11.3 Å². The van der Waals surface area contributed by atoms with Crippen molar-refractivity contribution in [2.24, 2.45) is 22.7 Å². The van der Waals surface area contributed by atoms with Crippen molar-refractivity contribution in [2.75, 3.05) is 6.61 Å². The summed E-state index contributed by atoms with van der Waals surface area (Å²) in [5.74, 6) is -0.162. The summed E-state index contributed by atoms with van der Waals surface area (Å²) < 4.78 is 11.3. The molecule has 20 heavy (non-hydrogen) atoms. The Morgan fingerprint density at radius 1 is 1.20 bits per heavy atom. The van der Waals surface area contributed by atoms with Crippen LogP contribution in [0.1, 0.15) is 27.2 Å². The van der Waals surface area contributed by atoms with Crippen LogP contribution in [0.5, 0.6) is 0 Å². The van der Waals surface area contributed by atoms with E-state index in [1.807, 2.05) is 20.8 Å². The Hall–Kier alpha value is -0.490. The van der Waals surface area contributed by atoms with Gasteiger partial charge in [-0.1, -0.05) is 20.8 Å². The van der Waals surface area contributed by atoms with Gasteiger partial charge in [-0.2, -0.15) is 0 Å². The summed E-state index contributed by atoms with van der Waals surface area (Å²) in [4.78, 5) is 12.5. The average molecular weight is 280 g/mol. The summed E-state index contributed by atoms with van der Waals surface area (Å²) in [6.45, 7) is 6.46. The van der Waals surface area contributed by atoms with Crippen LogP contribution >= 0.6 is 0 Å². The highest BCUT2D eigenvalue weighted by Gasteiger charge is 2.97. The zero-order valence-corrected chi connectivity index (χ0v) is 11.9. The minimum atomic E-state index is -0.808. The van der Waals surface area contributed by atoms with Gasteiger partial charge in [0.2, 0.25) is 0 Å². The number of Topliss-reactive ketones (excluding diaryl/α,β-unsaturated/α-hetero) is 1. The van der Waals surface area contributed by atoms with Crippen LogP contribution in [0.4, 0.5) is 0 Å². The molecule has 0 bridgehead atoms. The molecule has 5 heteroatoms. The lowest BCUT2D eigenvalue weighted by molar-refractivity contribution is -0.135. The Labute approximate surface area is 117 Å². The van der Waals surface area contributed by atoms with Crippen LogP contribution in [-0.2, 0) is 14.3 Å². The molecule has 2 spiro atoms. The predicted molar refractivity (Wildman–Crippen MR) is 66.8 cm³/mol. The van der Waals surface area contributed by atoms with Crippen molar-refractivity contribution in [1.82, 2.24) is 0 Å². The minimum Gasteiger partial charge on any atom is -0.392 e. The molecule has 0 amide bonds. The van der Waals surface area contributed by atoms with E-state index in [2.05, 4.69) is 0 Å². The fraction of sp³-hybridized carbons (Fsp3) is 0.933. The highest BCUT2D eigenvalue weighted by Crippen LogP contribution is 2.80. The number of hydrogen-bond donors (Lipinski definition) is 2. The van der Waals surface area contributed by atoms with Crippen molar-refractivity contribution in [3.05, 3.63) is 0 Å². The van der Waals surface area contributed by atoms with Gasteiger partial charge in [0.1, 0.15) is 5.60 Å². The predicted octanol–water partition coefficient (Wildman–Crippen LogP) is -0.120. The van der Waals surface area contributed by atoms with E-state index >= 15 is 0 Å². The molecule has 2 unspecified atom stereocenters. The largest absolute Gasteiger partial charge is 0.392 e. The van der Waals surface area contributed by atoms with E-state index in [0.717, 1.165) is 6.42 Å². The van der Waals surface area contributed by atoms with Crippen molar-refractivity contribution in [3.63, 3.8) is 0 Å². The van der Waals surface area contributed by atoms with Gasteiger partial charge in [0.05, 0.1) is 18.8 Å². The fourth-order valence-corrected chi connectivity index (χ4v) is 6.11. The molecule has 2 saturated heterocycles. The summed E-state index contributed by atoms with van der Waals surface area (Å²) in [5.41, 5.74) is -2.45. The van der Waals surface area contributed by atoms with Crippen molar-refractivity contribution in [3.8, 4) is 0 Å². The van der Waals surface area contributed by atoms with Gasteiger partial charge in [-0.15, -0.1) is 0 Å². The number of ether oxygens (including phenoxy) is 2. The topological polar surface area (TPSA) is 82.6 Å². The van der Waals surface area contributed by atoms with Gasteiger partial charge >= 0.3 is 0 Å². The number of ketones is 1. The van der Waals surface area contributed by atoms with Crippen LogP contribution in [0.15, 0.2) is 0 Å². The van der Waals surface area contributed by atoms with Gasteiger partial charge in [-0.25, -0.2) is 0 Å². The molecule has 0 aromatic heterocycles. The quantitative estimate of drug-likeness (QED) is 0.605. The molecule has 2 heterocycles. The molecule has 2 N–H and O–H groups in total. The molecular formula is C15H20O5. The Balaban J connectivity index is 1.73. The lowest BCUT2D eigenvalue weighted by Gasteiger charge is -2.39. The smallest absolute Gasteiger partial charge is 0.199 e. The number of aliphatic hydroxyl groups excluding tert-OH is 2. The van der Waals surface area contributed by atoms with Crippen LogP contribution in [0, 0.1) is 22.7 Å². The number of rotatable bonds is 0. The molecular weight excluding hydrogens is 260 g/mol. The molecule has 0 radical (unpaired) electrons. The van der Waals surface area contributed by atoms with Crippen LogP contribution in [0.3, 0.4) is 0 Å². The van der Waals surface area contributed by atoms with Gasteiger partial charge < -0.3 is 19.7 Å². The lowest BCUT2D eigenvalue weighted by Crippen LogP contribution is -2.52. The third-order valence-electron chi connectivity index (χ3n) is 7.24. The molecule has 5 fully saturated rings. The first-order valence-electron chi connectivity index (χ1n) is 7.46. The first kappa shape index (κ1) is 12.1. The van der Waals surface area contributed by atoms with E-state index in [9.17, 15) is 15.0 Å².